The molecule has 3 aromatic carbocycles. The molecule has 1 aliphatic carbocycles. The average molecular weight is 497 g/mol. The Balaban J connectivity index is 1.87. The zero-order valence-corrected chi connectivity index (χ0v) is 23.9. The fraction of sp³-hybridized carbons (Fsp3) is 0.412. The summed E-state index contributed by atoms with van der Waals surface area (Å²) in [6.45, 7) is 14.2. The van der Waals surface area contributed by atoms with Crippen molar-refractivity contribution in [2.24, 2.45) is 0 Å². The van der Waals surface area contributed by atoms with Crippen LogP contribution in [-0.2, 0) is 12.8 Å². The second-order valence-electron chi connectivity index (χ2n) is 11.0. The summed E-state index contributed by atoms with van der Waals surface area (Å²) >= 11 is 0. The number of unbranched alkanes of at least 4 members (excludes halogenated alkanes) is 4. The Morgan fingerprint density at radius 1 is 0.806 bits per heavy atom. The van der Waals surface area contributed by atoms with Crippen LogP contribution in [-0.4, -0.2) is 14.7 Å². The third-order valence-electron chi connectivity index (χ3n) is 7.94. The van der Waals surface area contributed by atoms with Crippen LogP contribution < -0.4 is 9.92 Å². The molecule has 0 heterocycles. The summed E-state index contributed by atoms with van der Waals surface area (Å²) in [7, 11) is -2.06. The zero-order chi connectivity index (χ0) is 25.5. The topological polar surface area (TPSA) is 9.23 Å². The Labute approximate surface area is 220 Å². The number of hydrogen-bond acceptors (Lipinski definition) is 1. The lowest BCUT2D eigenvalue weighted by Gasteiger charge is -2.34. The number of rotatable bonds is 13. The predicted octanol–water partition coefficient (Wildman–Crippen LogP) is 8.98. The van der Waals surface area contributed by atoms with Gasteiger partial charge in [0.25, 0.3) is 0 Å². The first-order valence-electron chi connectivity index (χ1n) is 14.1. The fourth-order valence-electron chi connectivity index (χ4n) is 6.11. The molecule has 0 saturated heterocycles. The van der Waals surface area contributed by atoms with E-state index in [0.717, 1.165) is 18.6 Å². The van der Waals surface area contributed by atoms with Crippen LogP contribution >= 0.6 is 0 Å². The van der Waals surface area contributed by atoms with E-state index < -0.39 is 8.07 Å². The Hall–Kier alpha value is -2.58. The summed E-state index contributed by atoms with van der Waals surface area (Å²) in [5.74, 6) is 1.16. The van der Waals surface area contributed by atoms with Crippen molar-refractivity contribution in [3.8, 4) is 16.9 Å². The summed E-state index contributed by atoms with van der Waals surface area (Å²) in [6.07, 6.45) is 11.7. The smallest absolute Gasteiger partial charge is 0.122 e. The molecule has 0 bridgehead atoms. The van der Waals surface area contributed by atoms with E-state index in [1.807, 2.05) is 6.08 Å². The van der Waals surface area contributed by atoms with Gasteiger partial charge >= 0.3 is 0 Å². The summed E-state index contributed by atoms with van der Waals surface area (Å²) in [5.41, 5.74) is 9.14. The summed E-state index contributed by atoms with van der Waals surface area (Å²) in [5, 5.41) is 1.49. The van der Waals surface area contributed by atoms with E-state index in [2.05, 4.69) is 94.2 Å². The van der Waals surface area contributed by atoms with Crippen LogP contribution in [0.4, 0.5) is 0 Å². The fourth-order valence-corrected chi connectivity index (χ4v) is 9.85. The van der Waals surface area contributed by atoms with Crippen molar-refractivity contribution in [3.05, 3.63) is 95.6 Å². The summed E-state index contributed by atoms with van der Waals surface area (Å²) in [6, 6.07) is 23.2. The van der Waals surface area contributed by atoms with Crippen molar-refractivity contribution in [2.45, 2.75) is 83.8 Å². The van der Waals surface area contributed by atoms with Gasteiger partial charge in [0.1, 0.15) is 12.4 Å². The number of benzene rings is 3. The third kappa shape index (κ3) is 5.39. The first-order chi connectivity index (χ1) is 17.5. The number of aryl methyl sites for hydroxylation is 2. The number of ether oxygens (including phenoxy) is 1. The minimum absolute atomic E-state index is 0.422. The molecule has 0 radical (unpaired) electrons. The number of fused-ring (bicyclic) bond motifs is 3. The molecule has 0 amide bonds. The SMILES string of the molecule is C=CCOc1c(CCCCC)cc(CCCCC)cc1[Si](C)(C)C1c2ccccc2-c2ccccc21. The van der Waals surface area contributed by atoms with Crippen LogP contribution in [0.2, 0.25) is 13.1 Å². The standard InChI is InChI=1S/C34H44OSi/c1-6-9-11-17-26-24-27(18-12-10-7-2)33(35-23-8-3)32(25-26)36(4,5)34-30-21-15-13-19-28(30)29-20-14-16-22-31(29)34/h8,13-16,19-22,24-25,34H,3,6-7,9-12,17-18,23H2,1-2,4-5H3. The molecule has 0 fully saturated rings. The van der Waals surface area contributed by atoms with E-state index in [1.165, 1.54) is 77.1 Å². The van der Waals surface area contributed by atoms with Crippen LogP contribution in [0.25, 0.3) is 11.1 Å². The van der Waals surface area contributed by atoms with Crippen LogP contribution in [0.3, 0.4) is 0 Å². The molecular formula is C34H44OSi. The molecule has 36 heavy (non-hydrogen) atoms. The van der Waals surface area contributed by atoms with E-state index in [1.54, 1.807) is 0 Å². The molecule has 190 valence electrons. The molecule has 0 saturated carbocycles. The normalized spacial score (nSPS) is 12.9. The maximum atomic E-state index is 6.57. The van der Waals surface area contributed by atoms with E-state index >= 15 is 0 Å². The van der Waals surface area contributed by atoms with Gasteiger partial charge in [-0.15, -0.1) is 0 Å². The lowest BCUT2D eigenvalue weighted by atomic mass is 10.00. The minimum Gasteiger partial charge on any atom is -0.489 e. The highest BCUT2D eigenvalue weighted by Gasteiger charge is 2.43. The molecule has 0 unspecified atom stereocenters. The van der Waals surface area contributed by atoms with E-state index in [9.17, 15) is 0 Å². The van der Waals surface area contributed by atoms with Gasteiger partial charge in [-0.25, -0.2) is 0 Å². The van der Waals surface area contributed by atoms with Crippen LogP contribution in [0.1, 0.15) is 80.2 Å². The van der Waals surface area contributed by atoms with Gasteiger partial charge in [0.2, 0.25) is 0 Å². The molecule has 0 aromatic heterocycles. The third-order valence-corrected chi connectivity index (χ3v) is 11.8. The molecule has 0 N–H and O–H groups in total. The molecule has 1 aliphatic rings. The van der Waals surface area contributed by atoms with E-state index in [-0.39, 0.29) is 0 Å². The molecule has 2 heteroatoms. The summed E-state index contributed by atoms with van der Waals surface area (Å²) < 4.78 is 6.57. The highest BCUT2D eigenvalue weighted by atomic mass is 28.3. The maximum absolute atomic E-state index is 6.57. The van der Waals surface area contributed by atoms with Crippen LogP contribution in [0.5, 0.6) is 5.75 Å². The largest absolute Gasteiger partial charge is 0.489 e. The Morgan fingerprint density at radius 2 is 1.39 bits per heavy atom. The van der Waals surface area contributed by atoms with Crippen molar-refractivity contribution >= 4 is 13.3 Å². The second-order valence-corrected chi connectivity index (χ2v) is 15.5. The molecular weight excluding hydrogens is 452 g/mol. The second kappa shape index (κ2) is 12.1. The Bertz CT molecular complexity index is 1130. The van der Waals surface area contributed by atoms with Gasteiger partial charge in [0.15, 0.2) is 0 Å². The van der Waals surface area contributed by atoms with Gasteiger partial charge in [-0.2, -0.15) is 0 Å². The van der Waals surface area contributed by atoms with Crippen molar-refractivity contribution in [2.75, 3.05) is 6.61 Å². The zero-order valence-electron chi connectivity index (χ0n) is 22.9. The van der Waals surface area contributed by atoms with Gasteiger partial charge in [-0.05, 0) is 64.3 Å². The lowest BCUT2D eigenvalue weighted by molar-refractivity contribution is 0.361. The predicted molar refractivity (Wildman–Crippen MR) is 159 cm³/mol. The van der Waals surface area contributed by atoms with Crippen LogP contribution in [0.15, 0.2) is 73.3 Å². The van der Waals surface area contributed by atoms with Gasteiger partial charge in [0.05, 0.1) is 8.07 Å². The van der Waals surface area contributed by atoms with E-state index in [4.69, 9.17) is 4.74 Å². The van der Waals surface area contributed by atoms with Gasteiger partial charge in [0, 0.05) is 5.54 Å². The molecule has 3 aromatic rings. The minimum atomic E-state index is -2.06. The Morgan fingerprint density at radius 3 is 1.97 bits per heavy atom. The van der Waals surface area contributed by atoms with Crippen LogP contribution in [0, 0.1) is 0 Å². The van der Waals surface area contributed by atoms with Gasteiger partial charge < -0.3 is 4.74 Å². The first-order valence-corrected chi connectivity index (χ1v) is 17.2. The molecule has 0 aliphatic heterocycles. The molecule has 0 spiro atoms. The number of hydrogen-bond donors (Lipinski definition) is 0. The van der Waals surface area contributed by atoms with E-state index in [0.29, 0.717) is 12.1 Å². The van der Waals surface area contributed by atoms with Gasteiger partial charge in [-0.1, -0.05) is 126 Å². The molecule has 1 nitrogen and oxygen atoms in total. The average Bonchev–Trinajstić information content (AvgIpc) is 3.23. The van der Waals surface area contributed by atoms with Crippen molar-refractivity contribution in [1.82, 2.24) is 0 Å². The quantitative estimate of drug-likeness (QED) is 0.130. The first kappa shape index (κ1) is 26.5. The van der Waals surface area contributed by atoms with Crippen molar-refractivity contribution in [3.63, 3.8) is 0 Å². The van der Waals surface area contributed by atoms with Crippen molar-refractivity contribution < 1.29 is 4.74 Å². The summed E-state index contributed by atoms with van der Waals surface area (Å²) in [4.78, 5) is 0. The Kier molecular flexibility index (Phi) is 8.90. The van der Waals surface area contributed by atoms with Gasteiger partial charge in [-0.3, -0.25) is 0 Å². The maximum Gasteiger partial charge on any atom is 0.122 e. The highest BCUT2D eigenvalue weighted by molar-refractivity contribution is 6.92. The lowest BCUT2D eigenvalue weighted by Crippen LogP contribution is -2.48. The molecule has 4 rings (SSSR count). The monoisotopic (exact) mass is 496 g/mol. The van der Waals surface area contributed by atoms with Crippen molar-refractivity contribution in [1.29, 1.82) is 0 Å². The highest BCUT2D eigenvalue weighted by Crippen LogP contribution is 2.49. The molecule has 0 atom stereocenters.